The molecule has 1 atom stereocenters. The third-order valence-corrected chi connectivity index (χ3v) is 5.89. The summed E-state index contributed by atoms with van der Waals surface area (Å²) >= 11 is 0. The minimum atomic E-state index is -5.24. The molecule has 3 aromatic carbocycles. The number of hydrogen-bond donors (Lipinski definition) is 1. The maximum Gasteiger partial charge on any atom is 0.491 e. The van der Waals surface area contributed by atoms with E-state index in [9.17, 15) is 22.8 Å². The van der Waals surface area contributed by atoms with Crippen molar-refractivity contribution >= 4 is 17.8 Å². The fourth-order valence-corrected chi connectivity index (χ4v) is 4.26. The maximum absolute atomic E-state index is 13.8. The number of halogens is 3. The number of aliphatic imine (C=N–C) groups is 1. The summed E-state index contributed by atoms with van der Waals surface area (Å²) in [5, 5.41) is 0. The van der Waals surface area contributed by atoms with Gasteiger partial charge in [0.25, 0.3) is 5.91 Å². The number of hydrogen-bond acceptors (Lipinski definition) is 6. The lowest BCUT2D eigenvalue weighted by molar-refractivity contribution is -0.189. The number of esters is 1. The van der Waals surface area contributed by atoms with Gasteiger partial charge in [0.05, 0.1) is 6.61 Å². The lowest BCUT2D eigenvalue weighted by Crippen LogP contribution is -2.42. The van der Waals surface area contributed by atoms with E-state index in [-0.39, 0.29) is 18.1 Å². The summed E-state index contributed by atoms with van der Waals surface area (Å²) in [6.45, 7) is 0.0546. The molecule has 0 saturated carbocycles. The third-order valence-electron chi connectivity index (χ3n) is 5.89. The molecule has 1 heterocycles. The number of para-hydroxylation sites is 1. The number of likely N-dealkylation sites (N-methyl/N-ethyl adjacent to an activating group) is 1. The summed E-state index contributed by atoms with van der Waals surface area (Å²) in [5.41, 5.74) is 6.52. The molecule has 3 aromatic rings. The molecule has 0 aromatic heterocycles. The Morgan fingerprint density at radius 3 is 2.25 bits per heavy atom. The van der Waals surface area contributed by atoms with E-state index < -0.39 is 29.3 Å². The maximum atomic E-state index is 13.8. The molecular weight excluding hydrogens is 475 g/mol. The van der Waals surface area contributed by atoms with E-state index in [4.69, 9.17) is 15.2 Å². The second kappa shape index (κ2) is 9.46. The van der Waals surface area contributed by atoms with E-state index in [1.807, 2.05) is 36.4 Å². The van der Waals surface area contributed by atoms with E-state index in [0.29, 0.717) is 11.1 Å². The summed E-state index contributed by atoms with van der Waals surface area (Å²) in [6, 6.07) is 20.0. The van der Waals surface area contributed by atoms with Crippen LogP contribution in [0.5, 0.6) is 5.75 Å². The van der Waals surface area contributed by atoms with Crippen molar-refractivity contribution in [2.45, 2.75) is 18.3 Å². The molecule has 0 spiro atoms. The Labute approximate surface area is 205 Å². The zero-order valence-corrected chi connectivity index (χ0v) is 19.4. The average Bonchev–Trinajstić information content (AvgIpc) is 3.09. The van der Waals surface area contributed by atoms with Gasteiger partial charge in [-0.2, -0.15) is 13.2 Å². The SMILES string of the molecule is COCc1c(-c2ccccc2)cccc1C1(c2ccccc2OC(=O)C(F)(F)F)N=C(N)N(C)C1=O. The first-order valence-corrected chi connectivity index (χ1v) is 10.8. The highest BCUT2D eigenvalue weighted by molar-refractivity contribution is 6.09. The van der Waals surface area contributed by atoms with Crippen molar-refractivity contribution in [2.75, 3.05) is 14.2 Å². The molecule has 0 fully saturated rings. The Morgan fingerprint density at radius 2 is 1.64 bits per heavy atom. The van der Waals surface area contributed by atoms with Crippen LogP contribution in [-0.4, -0.2) is 43.1 Å². The van der Waals surface area contributed by atoms with Gasteiger partial charge < -0.3 is 15.2 Å². The molecule has 1 aliphatic heterocycles. The van der Waals surface area contributed by atoms with Crippen molar-refractivity contribution in [1.29, 1.82) is 0 Å². The number of guanidine groups is 1. The van der Waals surface area contributed by atoms with Crippen LogP contribution in [-0.2, 0) is 26.5 Å². The van der Waals surface area contributed by atoms with Crippen molar-refractivity contribution in [3.05, 3.63) is 89.5 Å². The Hall–Kier alpha value is -4.18. The number of carbonyl (C=O) groups is 2. The van der Waals surface area contributed by atoms with Gasteiger partial charge in [0.15, 0.2) is 11.5 Å². The third kappa shape index (κ3) is 4.20. The molecule has 10 heteroatoms. The predicted octanol–water partition coefficient (Wildman–Crippen LogP) is 4.00. The lowest BCUT2D eigenvalue weighted by atomic mass is 9.78. The number of alkyl halides is 3. The highest BCUT2D eigenvalue weighted by Gasteiger charge is 2.53. The molecule has 0 aliphatic carbocycles. The van der Waals surface area contributed by atoms with Crippen molar-refractivity contribution in [3.8, 4) is 16.9 Å². The summed E-state index contributed by atoms with van der Waals surface area (Å²) in [6.07, 6.45) is -5.24. The van der Waals surface area contributed by atoms with E-state index in [1.165, 1.54) is 38.4 Å². The number of methoxy groups -OCH3 is 1. The quantitative estimate of drug-likeness (QED) is 0.411. The average molecular weight is 497 g/mol. The van der Waals surface area contributed by atoms with Gasteiger partial charge in [0.1, 0.15) is 5.75 Å². The van der Waals surface area contributed by atoms with E-state index >= 15 is 0 Å². The van der Waals surface area contributed by atoms with Gasteiger partial charge in [-0.15, -0.1) is 0 Å². The fraction of sp³-hybridized carbons (Fsp3) is 0.192. The fourth-order valence-electron chi connectivity index (χ4n) is 4.26. The number of nitrogens with two attached hydrogens (primary N) is 1. The number of amides is 1. The van der Waals surface area contributed by atoms with Gasteiger partial charge in [-0.25, -0.2) is 9.79 Å². The van der Waals surface area contributed by atoms with Crippen molar-refractivity contribution in [2.24, 2.45) is 10.7 Å². The molecule has 36 heavy (non-hydrogen) atoms. The van der Waals surface area contributed by atoms with E-state index in [0.717, 1.165) is 16.0 Å². The summed E-state index contributed by atoms with van der Waals surface area (Å²) in [7, 11) is 2.89. The Morgan fingerprint density at radius 1 is 1.00 bits per heavy atom. The minimum Gasteiger partial charge on any atom is -0.419 e. The molecule has 0 bridgehead atoms. The monoisotopic (exact) mass is 497 g/mol. The first kappa shape index (κ1) is 24.9. The topological polar surface area (TPSA) is 94.2 Å². The Bertz CT molecular complexity index is 1340. The largest absolute Gasteiger partial charge is 0.491 e. The van der Waals surface area contributed by atoms with Crippen LogP contribution in [0.2, 0.25) is 0 Å². The highest BCUT2D eigenvalue weighted by Crippen LogP contribution is 2.46. The molecule has 1 unspecified atom stereocenters. The first-order valence-electron chi connectivity index (χ1n) is 10.8. The van der Waals surface area contributed by atoms with Crippen LogP contribution in [0.4, 0.5) is 13.2 Å². The van der Waals surface area contributed by atoms with Crippen molar-refractivity contribution < 1.29 is 32.2 Å². The first-order chi connectivity index (χ1) is 17.1. The zero-order valence-electron chi connectivity index (χ0n) is 19.4. The van der Waals surface area contributed by atoms with Crippen LogP contribution in [0.25, 0.3) is 11.1 Å². The predicted molar refractivity (Wildman–Crippen MR) is 126 cm³/mol. The molecule has 7 nitrogen and oxygen atoms in total. The number of ether oxygens (including phenoxy) is 2. The molecular formula is C26H22F3N3O4. The molecule has 1 aliphatic rings. The smallest absolute Gasteiger partial charge is 0.419 e. The second-order valence-corrected chi connectivity index (χ2v) is 8.06. The molecule has 0 saturated heterocycles. The van der Waals surface area contributed by atoms with E-state index in [1.54, 1.807) is 12.1 Å². The van der Waals surface area contributed by atoms with Gasteiger partial charge >= 0.3 is 12.1 Å². The van der Waals surface area contributed by atoms with Crippen LogP contribution in [0.1, 0.15) is 16.7 Å². The number of rotatable bonds is 6. The normalized spacial score (nSPS) is 17.8. The van der Waals surface area contributed by atoms with Crippen LogP contribution >= 0.6 is 0 Å². The summed E-state index contributed by atoms with van der Waals surface area (Å²) < 4.78 is 49.4. The molecule has 2 N–H and O–H groups in total. The van der Waals surface area contributed by atoms with Gasteiger partial charge in [-0.1, -0.05) is 66.7 Å². The number of benzene rings is 3. The van der Waals surface area contributed by atoms with Crippen molar-refractivity contribution in [3.63, 3.8) is 0 Å². The van der Waals surface area contributed by atoms with Gasteiger partial charge in [0, 0.05) is 19.7 Å². The highest BCUT2D eigenvalue weighted by atomic mass is 19.4. The molecule has 186 valence electrons. The Kier molecular flexibility index (Phi) is 6.55. The zero-order chi connectivity index (χ0) is 26.1. The van der Waals surface area contributed by atoms with Crippen LogP contribution < -0.4 is 10.5 Å². The molecule has 0 radical (unpaired) electrons. The lowest BCUT2D eigenvalue weighted by Gasteiger charge is -2.30. The number of carbonyl (C=O) groups excluding carboxylic acids is 2. The molecule has 1 amide bonds. The van der Waals surface area contributed by atoms with Crippen LogP contribution in [0.15, 0.2) is 77.8 Å². The van der Waals surface area contributed by atoms with Crippen LogP contribution in [0, 0.1) is 0 Å². The summed E-state index contributed by atoms with van der Waals surface area (Å²) in [5.74, 6) is -3.66. The minimum absolute atomic E-state index is 0.0546. The van der Waals surface area contributed by atoms with Gasteiger partial charge in [-0.05, 0) is 28.3 Å². The van der Waals surface area contributed by atoms with Gasteiger partial charge in [0.2, 0.25) is 0 Å². The standard InChI is InChI=1S/C26H22F3N3O4/c1-32-22(33)25(31-24(32)30,20-12-6-7-14-21(20)36-23(34)26(27,28)29)19-13-8-11-17(18(19)15-35-2)16-9-4-3-5-10-16/h3-14H,15H2,1-2H3,(H2,30,31). The summed E-state index contributed by atoms with van der Waals surface area (Å²) in [4.78, 5) is 31.1. The van der Waals surface area contributed by atoms with Gasteiger partial charge in [-0.3, -0.25) is 9.69 Å². The van der Waals surface area contributed by atoms with E-state index in [2.05, 4.69) is 4.99 Å². The van der Waals surface area contributed by atoms with Crippen LogP contribution in [0.3, 0.4) is 0 Å². The second-order valence-electron chi connectivity index (χ2n) is 8.06. The molecule has 4 rings (SSSR count). The number of nitrogens with zero attached hydrogens (tertiary/aromatic N) is 2. The Balaban J connectivity index is 2.03. The van der Waals surface area contributed by atoms with Crippen molar-refractivity contribution in [1.82, 2.24) is 4.90 Å².